The fourth-order valence-electron chi connectivity index (χ4n) is 1.58. The van der Waals surface area contributed by atoms with Crippen molar-refractivity contribution >= 4 is 0 Å². The smallest absolute Gasteiger partial charge is 0.162 e. The van der Waals surface area contributed by atoms with Gasteiger partial charge in [-0.1, -0.05) is 0 Å². The Morgan fingerprint density at radius 1 is 0.778 bits per heavy atom. The molecule has 3 heterocycles. The summed E-state index contributed by atoms with van der Waals surface area (Å²) in [5.74, 6) is 1.43. The molecule has 0 spiro atoms. The van der Waals surface area contributed by atoms with Crippen LogP contribution in [-0.4, -0.2) is 12.3 Å². The maximum Gasteiger partial charge on any atom is 0.184 e. The molecule has 4 heteroatoms. The first kappa shape index (κ1) is 4.09. The van der Waals surface area contributed by atoms with Crippen LogP contribution in [0.2, 0.25) is 0 Å². The molecule has 0 amide bonds. The van der Waals surface area contributed by atoms with Crippen LogP contribution in [0.25, 0.3) is 0 Å². The molecule has 3 aliphatic heterocycles. The van der Waals surface area contributed by atoms with Crippen LogP contribution in [0, 0.1) is 11.8 Å². The number of hydrogen-bond acceptors (Lipinski definition) is 4. The fourth-order valence-corrected chi connectivity index (χ4v) is 1.58. The maximum absolute atomic E-state index is 3.98. The first-order valence-corrected chi connectivity index (χ1v) is 3.25. The van der Waals surface area contributed by atoms with Gasteiger partial charge in [0.1, 0.15) is 0 Å². The van der Waals surface area contributed by atoms with Crippen molar-refractivity contribution in [2.24, 2.45) is 32.3 Å². The zero-order valence-corrected chi connectivity index (χ0v) is 4.81. The Labute approximate surface area is 52.1 Å². The Morgan fingerprint density at radius 2 is 1.22 bits per heavy atom. The predicted octanol–water partition coefficient (Wildman–Crippen LogP) is 1.21. The monoisotopic (exact) mass is 122 g/mol. The molecular weight excluding hydrogens is 116 g/mol. The van der Waals surface area contributed by atoms with Gasteiger partial charge < -0.3 is 0 Å². The number of hydrogen-bond donors (Lipinski definition) is 0. The second kappa shape index (κ2) is 1.05. The van der Waals surface area contributed by atoms with Gasteiger partial charge in [-0.3, -0.25) is 0 Å². The fraction of sp³-hybridized carbons (Fsp3) is 1.00. The van der Waals surface area contributed by atoms with Gasteiger partial charge in [0, 0.05) is 11.8 Å². The van der Waals surface area contributed by atoms with Crippen molar-refractivity contribution in [2.75, 3.05) is 0 Å². The molecule has 4 aliphatic rings. The van der Waals surface area contributed by atoms with Gasteiger partial charge in [-0.15, -0.1) is 0 Å². The quantitative estimate of drug-likeness (QED) is 0.463. The van der Waals surface area contributed by atoms with E-state index in [0.717, 1.165) is 0 Å². The highest BCUT2D eigenvalue weighted by Gasteiger charge is 2.54. The van der Waals surface area contributed by atoms with Crippen molar-refractivity contribution < 1.29 is 0 Å². The highest BCUT2D eigenvalue weighted by Crippen LogP contribution is 2.52. The number of azo groups is 2. The third kappa shape index (κ3) is 0.362. The molecule has 9 heavy (non-hydrogen) atoms. The molecule has 1 aliphatic carbocycles. The largest absolute Gasteiger partial charge is 0.184 e. The normalized spacial score (nSPS) is 57.8. The van der Waals surface area contributed by atoms with Gasteiger partial charge in [-0.05, 0) is 6.42 Å². The minimum absolute atomic E-state index is 0.111. The molecule has 0 radical (unpaired) electrons. The first-order chi connectivity index (χ1) is 4.45. The van der Waals surface area contributed by atoms with Gasteiger partial charge in [0.25, 0.3) is 0 Å². The van der Waals surface area contributed by atoms with E-state index < -0.39 is 0 Å². The van der Waals surface area contributed by atoms with Gasteiger partial charge in [0.2, 0.25) is 0 Å². The van der Waals surface area contributed by atoms with Crippen LogP contribution in [0.5, 0.6) is 0 Å². The highest BCUT2D eigenvalue weighted by molar-refractivity contribution is 5.03. The molecule has 1 fully saturated rings. The van der Waals surface area contributed by atoms with E-state index in [9.17, 15) is 0 Å². The van der Waals surface area contributed by atoms with Gasteiger partial charge in [-0.25, -0.2) is 0 Å². The van der Waals surface area contributed by atoms with E-state index in [1.165, 1.54) is 6.42 Å². The standard InChI is InChI=1S/C5H6N4/c1-2-3(1)5-8-6-4(2)7-9-5/h2-5H,1H2. The first-order valence-electron chi connectivity index (χ1n) is 3.25. The van der Waals surface area contributed by atoms with Gasteiger partial charge >= 0.3 is 0 Å². The summed E-state index contributed by atoms with van der Waals surface area (Å²) in [7, 11) is 0. The van der Waals surface area contributed by atoms with E-state index in [1.807, 2.05) is 0 Å². The lowest BCUT2D eigenvalue weighted by atomic mass is 10.2. The molecule has 0 saturated heterocycles. The molecule has 46 valence electrons. The molecule has 1 saturated carbocycles. The van der Waals surface area contributed by atoms with E-state index in [1.54, 1.807) is 0 Å². The lowest BCUT2D eigenvalue weighted by Gasteiger charge is -2.18. The topological polar surface area (TPSA) is 49.4 Å². The Balaban J connectivity index is 2.13. The molecule has 0 aromatic carbocycles. The minimum atomic E-state index is 0.111. The van der Waals surface area contributed by atoms with E-state index >= 15 is 0 Å². The van der Waals surface area contributed by atoms with Crippen molar-refractivity contribution in [3.05, 3.63) is 0 Å². The summed E-state index contributed by atoms with van der Waals surface area (Å²) in [4.78, 5) is 0. The highest BCUT2D eigenvalue weighted by atomic mass is 15.4. The molecular formula is C5H6N4. The third-order valence-corrected chi connectivity index (χ3v) is 2.26. The van der Waals surface area contributed by atoms with E-state index in [-0.39, 0.29) is 12.3 Å². The molecule has 2 bridgehead atoms. The summed E-state index contributed by atoms with van der Waals surface area (Å²) in [6.45, 7) is 0. The summed E-state index contributed by atoms with van der Waals surface area (Å²) in [5.41, 5.74) is 0. The van der Waals surface area contributed by atoms with Crippen molar-refractivity contribution in [3.8, 4) is 0 Å². The third-order valence-electron chi connectivity index (χ3n) is 2.26. The van der Waals surface area contributed by atoms with Crippen LogP contribution < -0.4 is 0 Å². The minimum Gasteiger partial charge on any atom is -0.162 e. The van der Waals surface area contributed by atoms with Gasteiger partial charge in [0.05, 0.1) is 0 Å². The van der Waals surface area contributed by atoms with Gasteiger partial charge in [-0.2, -0.15) is 20.5 Å². The summed E-state index contributed by atoms with van der Waals surface area (Å²) in [6.07, 6.45) is 1.47. The zero-order valence-electron chi connectivity index (χ0n) is 4.81. The van der Waals surface area contributed by atoms with Gasteiger partial charge in [0.15, 0.2) is 12.3 Å². The predicted molar refractivity (Wildman–Crippen MR) is 28.9 cm³/mol. The molecule has 2 unspecified atom stereocenters. The van der Waals surface area contributed by atoms with Crippen LogP contribution >= 0.6 is 0 Å². The lowest BCUT2D eigenvalue weighted by Crippen LogP contribution is -2.21. The van der Waals surface area contributed by atoms with Crippen LogP contribution in [-0.2, 0) is 0 Å². The molecule has 2 atom stereocenters. The Morgan fingerprint density at radius 3 is 1.56 bits per heavy atom. The van der Waals surface area contributed by atoms with E-state index in [0.29, 0.717) is 11.8 Å². The summed E-state index contributed by atoms with van der Waals surface area (Å²) >= 11 is 0. The summed E-state index contributed by atoms with van der Waals surface area (Å²) < 4.78 is 0. The second-order valence-corrected chi connectivity index (χ2v) is 2.85. The molecule has 4 rings (SSSR count). The van der Waals surface area contributed by atoms with Crippen molar-refractivity contribution in [2.45, 2.75) is 18.8 Å². The maximum atomic E-state index is 3.98. The van der Waals surface area contributed by atoms with E-state index in [4.69, 9.17) is 0 Å². The number of rotatable bonds is 0. The number of nitrogens with zero attached hydrogens (tertiary/aromatic N) is 4. The van der Waals surface area contributed by atoms with Crippen LogP contribution in [0.3, 0.4) is 0 Å². The second-order valence-electron chi connectivity index (χ2n) is 2.85. The molecule has 0 aromatic rings. The molecule has 0 N–H and O–H groups in total. The summed E-state index contributed by atoms with van der Waals surface area (Å²) in [6, 6.07) is 0. The lowest BCUT2D eigenvalue weighted by molar-refractivity contribution is 0.351. The van der Waals surface area contributed by atoms with Crippen LogP contribution in [0.1, 0.15) is 6.42 Å². The summed E-state index contributed by atoms with van der Waals surface area (Å²) in [5, 5.41) is 15.9. The Hall–Kier alpha value is -0.800. The van der Waals surface area contributed by atoms with Crippen molar-refractivity contribution in [1.82, 2.24) is 0 Å². The molecule has 4 nitrogen and oxygen atoms in total. The van der Waals surface area contributed by atoms with E-state index in [2.05, 4.69) is 20.5 Å². The Kier molecular flexibility index (Phi) is 0.479. The van der Waals surface area contributed by atoms with Crippen molar-refractivity contribution in [3.63, 3.8) is 0 Å². The SMILES string of the molecule is C1C2C3N=NC(N=N3)C12. The average Bonchev–Trinajstić information content (AvgIpc) is 2.68. The Bertz CT molecular complexity index is 175. The molecule has 0 aromatic heterocycles. The van der Waals surface area contributed by atoms with Crippen LogP contribution in [0.4, 0.5) is 0 Å². The van der Waals surface area contributed by atoms with Crippen molar-refractivity contribution in [1.29, 1.82) is 0 Å². The van der Waals surface area contributed by atoms with Crippen LogP contribution in [0.15, 0.2) is 20.5 Å². The average molecular weight is 122 g/mol. The zero-order chi connectivity index (χ0) is 5.84.